The zero-order chi connectivity index (χ0) is 13.6. The summed E-state index contributed by atoms with van der Waals surface area (Å²) in [5, 5.41) is 0. The Labute approximate surface area is 117 Å². The van der Waals surface area contributed by atoms with Crippen LogP contribution >= 0.6 is 23.6 Å². The smallest absolute Gasteiger partial charge is 0.250 e. The molecule has 1 atom stereocenters. The summed E-state index contributed by atoms with van der Waals surface area (Å²) in [5.41, 5.74) is 5.73. The maximum absolute atomic E-state index is 12.0. The molecule has 2 rings (SSSR count). The standard InChI is InChI=1S/C11H16N2O2S3/c1-11(2)5-7(11)6-13-18(14,15)9-4-3-8(17-9)10(12)16/h3-4,7,13H,5-6H2,1-2H3,(H2,12,16). The van der Waals surface area contributed by atoms with Crippen LogP contribution in [-0.2, 0) is 10.0 Å². The molecule has 0 amide bonds. The quantitative estimate of drug-likeness (QED) is 0.812. The summed E-state index contributed by atoms with van der Waals surface area (Å²) >= 11 is 5.92. The first kappa shape index (κ1) is 13.9. The lowest BCUT2D eigenvalue weighted by Crippen LogP contribution is -2.26. The van der Waals surface area contributed by atoms with E-state index in [-0.39, 0.29) is 14.6 Å². The lowest BCUT2D eigenvalue weighted by atomic mass is 10.1. The van der Waals surface area contributed by atoms with Gasteiger partial charge in [0, 0.05) is 6.54 Å². The number of nitrogens with one attached hydrogen (secondary N) is 1. The molecule has 7 heteroatoms. The minimum atomic E-state index is -3.42. The van der Waals surface area contributed by atoms with Crippen LogP contribution in [0.1, 0.15) is 25.1 Å². The van der Waals surface area contributed by atoms with Gasteiger partial charge in [-0.15, -0.1) is 11.3 Å². The van der Waals surface area contributed by atoms with Crippen LogP contribution in [0, 0.1) is 11.3 Å². The van der Waals surface area contributed by atoms with E-state index in [1.54, 1.807) is 12.1 Å². The Morgan fingerprint density at radius 3 is 2.67 bits per heavy atom. The molecule has 1 aromatic heterocycles. The second-order valence-corrected chi connectivity index (χ2v) is 8.74. The molecule has 4 nitrogen and oxygen atoms in total. The molecule has 1 aliphatic rings. The number of thiophene rings is 1. The molecule has 100 valence electrons. The molecule has 0 aromatic carbocycles. The monoisotopic (exact) mass is 304 g/mol. The second kappa shape index (κ2) is 4.56. The molecule has 3 N–H and O–H groups in total. The number of hydrogen-bond acceptors (Lipinski definition) is 4. The first-order valence-electron chi connectivity index (χ1n) is 5.62. The van der Waals surface area contributed by atoms with Gasteiger partial charge in [0.15, 0.2) is 0 Å². The Morgan fingerprint density at radius 1 is 1.61 bits per heavy atom. The molecular weight excluding hydrogens is 288 g/mol. The minimum Gasteiger partial charge on any atom is -0.389 e. The predicted molar refractivity (Wildman–Crippen MR) is 77.3 cm³/mol. The topological polar surface area (TPSA) is 72.2 Å². The summed E-state index contributed by atoms with van der Waals surface area (Å²) in [6.07, 6.45) is 1.07. The summed E-state index contributed by atoms with van der Waals surface area (Å²) in [7, 11) is -3.42. The maximum atomic E-state index is 12.0. The summed E-state index contributed by atoms with van der Waals surface area (Å²) in [6.45, 7) is 4.78. The number of sulfonamides is 1. The van der Waals surface area contributed by atoms with E-state index >= 15 is 0 Å². The first-order chi connectivity index (χ1) is 8.22. The molecule has 1 saturated carbocycles. The van der Waals surface area contributed by atoms with E-state index < -0.39 is 10.0 Å². The Morgan fingerprint density at radius 2 is 2.22 bits per heavy atom. The number of hydrogen-bond donors (Lipinski definition) is 2. The van der Waals surface area contributed by atoms with Gasteiger partial charge < -0.3 is 5.73 Å². The van der Waals surface area contributed by atoms with Crippen molar-refractivity contribution in [3.05, 3.63) is 17.0 Å². The van der Waals surface area contributed by atoms with Crippen molar-refractivity contribution in [1.82, 2.24) is 4.72 Å². The van der Waals surface area contributed by atoms with Crippen molar-refractivity contribution in [2.24, 2.45) is 17.1 Å². The lowest BCUT2D eigenvalue weighted by Gasteiger charge is -2.05. The molecule has 1 fully saturated rings. The number of thiocarbonyl (C=S) groups is 1. The SMILES string of the molecule is CC1(C)CC1CNS(=O)(=O)c1ccc(C(N)=S)s1. The van der Waals surface area contributed by atoms with Gasteiger partial charge in [-0.05, 0) is 29.9 Å². The molecule has 0 spiro atoms. The second-order valence-electron chi connectivity index (χ2n) is 5.22. The van der Waals surface area contributed by atoms with Crippen molar-refractivity contribution < 1.29 is 8.42 Å². The highest BCUT2D eigenvalue weighted by Crippen LogP contribution is 2.51. The van der Waals surface area contributed by atoms with Gasteiger partial charge in [0.05, 0.1) is 4.88 Å². The minimum absolute atomic E-state index is 0.227. The largest absolute Gasteiger partial charge is 0.389 e. The normalized spacial score (nSPS) is 21.8. The van der Waals surface area contributed by atoms with Crippen molar-refractivity contribution >= 4 is 38.6 Å². The third-order valence-corrected chi connectivity index (χ3v) is 6.71. The van der Waals surface area contributed by atoms with Crippen LogP contribution < -0.4 is 10.5 Å². The van der Waals surface area contributed by atoms with Gasteiger partial charge in [-0.3, -0.25) is 0 Å². The molecule has 1 aliphatic carbocycles. The van der Waals surface area contributed by atoms with Gasteiger partial charge in [-0.2, -0.15) is 0 Å². The highest BCUT2D eigenvalue weighted by atomic mass is 32.2. The van der Waals surface area contributed by atoms with Crippen molar-refractivity contribution in [2.75, 3.05) is 6.54 Å². The number of nitrogens with two attached hydrogens (primary N) is 1. The Balaban J connectivity index is 2.04. The van der Waals surface area contributed by atoms with Crippen molar-refractivity contribution in [3.8, 4) is 0 Å². The number of rotatable bonds is 5. The van der Waals surface area contributed by atoms with Crippen molar-refractivity contribution in [3.63, 3.8) is 0 Å². The van der Waals surface area contributed by atoms with Crippen LogP contribution in [0.5, 0.6) is 0 Å². The third kappa shape index (κ3) is 2.90. The summed E-state index contributed by atoms with van der Waals surface area (Å²) in [6, 6.07) is 3.18. The molecule has 18 heavy (non-hydrogen) atoms. The van der Waals surface area contributed by atoms with Crippen LogP contribution in [-0.4, -0.2) is 20.0 Å². The van der Waals surface area contributed by atoms with Crippen molar-refractivity contribution in [2.45, 2.75) is 24.5 Å². The Hall–Kier alpha value is -0.500. The van der Waals surface area contributed by atoms with Crippen molar-refractivity contribution in [1.29, 1.82) is 0 Å². The van der Waals surface area contributed by atoms with Crippen LogP contribution in [0.2, 0.25) is 0 Å². The zero-order valence-electron chi connectivity index (χ0n) is 10.3. The summed E-state index contributed by atoms with van der Waals surface area (Å²) in [4.78, 5) is 0.849. The van der Waals surface area contributed by atoms with Crippen LogP contribution in [0.3, 0.4) is 0 Å². The molecule has 0 bridgehead atoms. The predicted octanol–water partition coefficient (Wildman–Crippen LogP) is 1.71. The first-order valence-corrected chi connectivity index (χ1v) is 8.32. The highest BCUT2D eigenvalue weighted by Gasteiger charge is 2.45. The zero-order valence-corrected chi connectivity index (χ0v) is 12.7. The van der Waals surface area contributed by atoms with Gasteiger partial charge in [-0.25, -0.2) is 13.1 Å². The fourth-order valence-electron chi connectivity index (χ4n) is 1.80. The van der Waals surface area contributed by atoms with Crippen LogP contribution in [0.15, 0.2) is 16.3 Å². The van der Waals surface area contributed by atoms with Crippen LogP contribution in [0.4, 0.5) is 0 Å². The van der Waals surface area contributed by atoms with Gasteiger partial charge in [0.2, 0.25) is 10.0 Å². The molecule has 0 saturated heterocycles. The van der Waals surface area contributed by atoms with E-state index in [0.29, 0.717) is 17.3 Å². The van der Waals surface area contributed by atoms with E-state index in [1.807, 2.05) is 0 Å². The molecular formula is C11H16N2O2S3. The Kier molecular flexibility index (Phi) is 3.52. The van der Waals surface area contributed by atoms with E-state index in [9.17, 15) is 8.42 Å². The Bertz CT molecular complexity index is 575. The third-order valence-electron chi connectivity index (χ3n) is 3.33. The van der Waals surface area contributed by atoms with E-state index in [4.69, 9.17) is 18.0 Å². The maximum Gasteiger partial charge on any atom is 0.250 e. The van der Waals surface area contributed by atoms with Crippen LogP contribution in [0.25, 0.3) is 0 Å². The average Bonchev–Trinajstić information content (AvgIpc) is 2.68. The average molecular weight is 304 g/mol. The molecule has 1 unspecified atom stereocenters. The molecule has 1 aromatic rings. The molecule has 0 aliphatic heterocycles. The summed E-state index contributed by atoms with van der Waals surface area (Å²) < 4.78 is 27.0. The fraction of sp³-hybridized carbons (Fsp3) is 0.545. The van der Waals surface area contributed by atoms with Gasteiger partial charge in [0.25, 0.3) is 0 Å². The van der Waals surface area contributed by atoms with E-state index in [1.165, 1.54) is 0 Å². The highest BCUT2D eigenvalue weighted by molar-refractivity contribution is 7.91. The van der Waals surface area contributed by atoms with Gasteiger partial charge >= 0.3 is 0 Å². The van der Waals surface area contributed by atoms with E-state index in [0.717, 1.165) is 17.8 Å². The molecule has 1 heterocycles. The molecule has 0 radical (unpaired) electrons. The van der Waals surface area contributed by atoms with Gasteiger partial charge in [-0.1, -0.05) is 26.1 Å². The summed E-state index contributed by atoms with van der Waals surface area (Å²) in [5.74, 6) is 0.433. The lowest BCUT2D eigenvalue weighted by molar-refractivity contribution is 0.538. The fourth-order valence-corrected chi connectivity index (χ4v) is 4.28. The van der Waals surface area contributed by atoms with E-state index in [2.05, 4.69) is 18.6 Å². The van der Waals surface area contributed by atoms with Gasteiger partial charge in [0.1, 0.15) is 9.20 Å².